The van der Waals surface area contributed by atoms with E-state index in [2.05, 4.69) is 4.99 Å². The number of fused-ring (bicyclic) bond motifs is 2. The number of halogens is 2. The Bertz CT molecular complexity index is 1290. The Morgan fingerprint density at radius 1 is 1.16 bits per heavy atom. The molecule has 1 fully saturated rings. The fraction of sp³-hybridized carbons (Fsp3) is 0.625. The molecular weight excluding hydrogens is 528 g/mol. The number of ether oxygens (including phenoxy) is 2. The van der Waals surface area contributed by atoms with E-state index in [1.807, 2.05) is 0 Å². The minimum absolute atomic E-state index is 0.214. The molecule has 0 aromatic heterocycles. The van der Waals surface area contributed by atoms with Crippen molar-refractivity contribution in [2.75, 3.05) is 6.67 Å². The Morgan fingerprint density at radius 3 is 2.13 bits per heavy atom. The number of amidine groups is 1. The Balaban J connectivity index is 2.38. The van der Waals surface area contributed by atoms with Gasteiger partial charge in [0.25, 0.3) is 5.69 Å². The second-order valence-electron chi connectivity index (χ2n) is 11.5. The zero-order chi connectivity index (χ0) is 29.1. The van der Waals surface area contributed by atoms with Crippen LogP contribution < -0.4 is 0 Å². The molecule has 11 nitrogen and oxygen atoms in total. The maximum absolute atomic E-state index is 15.1. The number of aliphatic imine (C=N–C) groups is 1. The predicted octanol–water partition coefficient (Wildman–Crippen LogP) is 4.82. The Morgan fingerprint density at radius 2 is 1.68 bits per heavy atom. The maximum atomic E-state index is 15.1. The normalized spacial score (nSPS) is 26.3. The van der Waals surface area contributed by atoms with Crippen molar-refractivity contribution in [1.82, 2.24) is 4.90 Å². The van der Waals surface area contributed by atoms with Crippen LogP contribution in [-0.2, 0) is 24.8 Å². The van der Waals surface area contributed by atoms with Gasteiger partial charge >= 0.3 is 12.2 Å². The van der Waals surface area contributed by atoms with Crippen molar-refractivity contribution in [3.05, 3.63) is 39.7 Å². The van der Waals surface area contributed by atoms with Crippen molar-refractivity contribution >= 4 is 33.5 Å². The zero-order valence-electron chi connectivity index (χ0n) is 22.2. The van der Waals surface area contributed by atoms with E-state index in [0.29, 0.717) is 0 Å². The van der Waals surface area contributed by atoms with E-state index in [4.69, 9.17) is 9.47 Å². The molecule has 0 N–H and O–H groups in total. The minimum atomic E-state index is -4.59. The summed E-state index contributed by atoms with van der Waals surface area (Å²) >= 11 is 0. The molecule has 38 heavy (non-hydrogen) atoms. The van der Waals surface area contributed by atoms with Crippen LogP contribution >= 0.6 is 0 Å². The van der Waals surface area contributed by atoms with Crippen molar-refractivity contribution in [2.24, 2.45) is 4.99 Å². The summed E-state index contributed by atoms with van der Waals surface area (Å²) in [4.78, 5) is 41.9. The summed E-state index contributed by atoms with van der Waals surface area (Å²) in [6.45, 7) is 8.65. The van der Waals surface area contributed by atoms with Crippen molar-refractivity contribution in [2.45, 2.75) is 88.0 Å². The summed E-state index contributed by atoms with van der Waals surface area (Å²) in [5, 5.41) is 9.91. The van der Waals surface area contributed by atoms with Crippen molar-refractivity contribution in [3.8, 4) is 0 Å². The molecule has 14 heteroatoms. The molecule has 2 aliphatic rings. The quantitative estimate of drug-likeness (QED) is 0.378. The molecule has 2 amide bonds. The van der Waals surface area contributed by atoms with Gasteiger partial charge < -0.3 is 9.47 Å². The monoisotopic (exact) mass is 559 g/mol. The van der Waals surface area contributed by atoms with Gasteiger partial charge in [0.15, 0.2) is 14.6 Å². The summed E-state index contributed by atoms with van der Waals surface area (Å²) in [7, 11) is -4.59. The van der Waals surface area contributed by atoms with Crippen LogP contribution in [0.1, 0.15) is 66.9 Å². The van der Waals surface area contributed by atoms with Gasteiger partial charge in [-0.25, -0.2) is 26.8 Å². The van der Waals surface area contributed by atoms with E-state index in [9.17, 15) is 32.5 Å². The van der Waals surface area contributed by atoms with E-state index in [0.717, 1.165) is 18.2 Å². The highest BCUT2D eigenvalue weighted by Gasteiger charge is 2.68. The molecule has 0 radical (unpaired) electrons. The second-order valence-corrected chi connectivity index (χ2v) is 13.9. The van der Waals surface area contributed by atoms with Crippen LogP contribution in [0.5, 0.6) is 0 Å². The molecule has 1 saturated heterocycles. The SMILES string of the molecule is CC(C)(C)OC(=O)N(C(=O)OC(C)(C)C)C1=N[C@](C)(c2cc([N+](=O)[O-])ccc2F)C2CC[C@@]1(CF)S2(=O)=O. The van der Waals surface area contributed by atoms with Crippen molar-refractivity contribution in [1.29, 1.82) is 0 Å². The number of carbonyl (C=O) groups excluding carboxylic acids is 2. The third kappa shape index (κ3) is 4.85. The Hall–Kier alpha value is -3.16. The summed E-state index contributed by atoms with van der Waals surface area (Å²) in [6.07, 6.45) is -3.35. The number of hydrogen-bond acceptors (Lipinski definition) is 9. The van der Waals surface area contributed by atoms with Gasteiger partial charge in [-0.3, -0.25) is 15.1 Å². The number of hydrogen-bond donors (Lipinski definition) is 0. The summed E-state index contributed by atoms with van der Waals surface area (Å²) < 4.78 is 65.9. The Kier molecular flexibility index (Phi) is 7.15. The number of alkyl halides is 1. The van der Waals surface area contributed by atoms with E-state index in [1.54, 1.807) is 0 Å². The van der Waals surface area contributed by atoms with E-state index >= 15 is 4.39 Å². The fourth-order valence-corrected chi connectivity index (χ4v) is 7.42. The highest BCUT2D eigenvalue weighted by molar-refractivity contribution is 7.94. The van der Waals surface area contributed by atoms with Crippen LogP contribution in [0.2, 0.25) is 0 Å². The molecule has 1 aromatic rings. The molecule has 0 aliphatic carbocycles. The molecular formula is C24H31F2N3O8S. The van der Waals surface area contributed by atoms with Gasteiger partial charge in [0.05, 0.1) is 10.2 Å². The highest BCUT2D eigenvalue weighted by atomic mass is 32.2. The lowest BCUT2D eigenvalue weighted by Crippen LogP contribution is -2.63. The largest absolute Gasteiger partial charge is 0.443 e. The number of imide groups is 1. The molecule has 1 unspecified atom stereocenters. The first-order valence-electron chi connectivity index (χ1n) is 11.8. The third-order valence-corrected chi connectivity index (χ3v) is 9.42. The standard InChI is InChI=1S/C24H31F2N3O8S/c1-21(2,3)36-19(30)28(20(31)37-22(4,5)6)18-24(13-25)11-10-17(38(24,34)35)23(7,27-18)15-12-14(29(32)33)8-9-16(15)26/h8-9,12,17H,10-11,13H2,1-7H3/t17?,23-,24+/m1/s1. The molecule has 210 valence electrons. The molecule has 0 saturated carbocycles. The first-order valence-corrected chi connectivity index (χ1v) is 13.3. The lowest BCUT2D eigenvalue weighted by molar-refractivity contribution is -0.385. The zero-order valence-corrected chi connectivity index (χ0v) is 23.0. The van der Waals surface area contributed by atoms with Crippen LogP contribution in [0.3, 0.4) is 0 Å². The Labute approximate surface area is 219 Å². The number of nitrogens with zero attached hydrogens (tertiary/aromatic N) is 3. The number of rotatable bonds is 3. The van der Waals surface area contributed by atoms with Gasteiger partial charge in [0.2, 0.25) is 0 Å². The number of nitro groups is 1. The predicted molar refractivity (Wildman–Crippen MR) is 133 cm³/mol. The number of amides is 2. The summed E-state index contributed by atoms with van der Waals surface area (Å²) in [5.41, 5.74) is -5.39. The molecule has 0 spiro atoms. The number of carbonyl (C=O) groups is 2. The summed E-state index contributed by atoms with van der Waals surface area (Å²) in [6, 6.07) is 2.54. The van der Waals surface area contributed by atoms with E-state index in [-0.39, 0.29) is 17.7 Å². The van der Waals surface area contributed by atoms with Gasteiger partial charge in [-0.05, 0) is 67.4 Å². The van der Waals surface area contributed by atoms with Gasteiger partial charge in [-0.15, -0.1) is 0 Å². The summed E-state index contributed by atoms with van der Waals surface area (Å²) in [5.74, 6) is -1.83. The number of non-ortho nitro benzene ring substituents is 1. The number of benzene rings is 1. The van der Waals surface area contributed by atoms with Crippen molar-refractivity contribution < 1.29 is 41.2 Å². The fourth-order valence-electron chi connectivity index (χ4n) is 4.72. The molecule has 1 aromatic carbocycles. The van der Waals surface area contributed by atoms with Crippen LogP contribution in [0.4, 0.5) is 24.1 Å². The molecule has 3 atom stereocenters. The minimum Gasteiger partial charge on any atom is -0.443 e. The number of nitro benzene ring substituents is 1. The third-order valence-electron chi connectivity index (χ3n) is 6.39. The van der Waals surface area contributed by atoms with E-state index in [1.165, 1.54) is 48.5 Å². The van der Waals surface area contributed by atoms with Crippen LogP contribution in [-0.4, -0.2) is 64.1 Å². The lowest BCUT2D eigenvalue weighted by Gasteiger charge is -2.43. The average Bonchev–Trinajstić information content (AvgIpc) is 2.92. The molecule has 2 heterocycles. The molecule has 2 aliphatic heterocycles. The average molecular weight is 560 g/mol. The maximum Gasteiger partial charge on any atom is 0.425 e. The molecule has 2 bridgehead atoms. The van der Waals surface area contributed by atoms with Crippen LogP contribution in [0, 0.1) is 15.9 Å². The van der Waals surface area contributed by atoms with Gasteiger partial charge in [-0.2, -0.15) is 4.90 Å². The van der Waals surface area contributed by atoms with Crippen molar-refractivity contribution in [3.63, 3.8) is 0 Å². The van der Waals surface area contributed by atoms with Gasteiger partial charge in [0, 0.05) is 17.7 Å². The van der Waals surface area contributed by atoms with Gasteiger partial charge in [0.1, 0.15) is 35.1 Å². The first kappa shape index (κ1) is 29.4. The topological polar surface area (TPSA) is 145 Å². The highest BCUT2D eigenvalue weighted by Crippen LogP contribution is 2.53. The second kappa shape index (κ2) is 9.24. The van der Waals surface area contributed by atoms with Crippen LogP contribution in [0.15, 0.2) is 23.2 Å². The lowest BCUT2D eigenvalue weighted by atomic mass is 9.86. The van der Waals surface area contributed by atoms with Crippen LogP contribution in [0.25, 0.3) is 0 Å². The number of sulfone groups is 1. The smallest absolute Gasteiger partial charge is 0.425 e. The van der Waals surface area contributed by atoms with Gasteiger partial charge in [-0.1, -0.05) is 0 Å². The molecule has 3 rings (SSSR count). The first-order chi connectivity index (χ1) is 17.2. The van der Waals surface area contributed by atoms with E-state index < -0.39 is 83.3 Å².